The molecule has 1 atom stereocenters. The molecule has 1 aromatic rings. The summed E-state index contributed by atoms with van der Waals surface area (Å²) in [6.45, 7) is 0. The van der Waals surface area contributed by atoms with Gasteiger partial charge in [0.2, 0.25) is 0 Å². The fraction of sp³-hybridized carbons (Fsp3) is 0.417. The highest BCUT2D eigenvalue weighted by Gasteiger charge is 2.25. The molecule has 0 heterocycles. The standard InChI is InChI=1S/C12H13FN2O/c1-16-12-5-2-8(6-10(12)13)11(7-14)15-9-3-4-9/h2,5-6,9,11,15H,3-4H2,1H3. The highest BCUT2D eigenvalue weighted by molar-refractivity contribution is 5.33. The number of nitrogens with zero attached hydrogens (tertiary/aromatic N) is 1. The largest absolute Gasteiger partial charge is 0.494 e. The normalized spacial score (nSPS) is 16.6. The SMILES string of the molecule is COc1ccc(C(C#N)NC2CC2)cc1F. The Balaban J connectivity index is 2.17. The molecule has 0 saturated heterocycles. The number of methoxy groups -OCH3 is 1. The molecule has 1 N–H and O–H groups in total. The Labute approximate surface area is 93.8 Å². The molecule has 1 aromatic carbocycles. The van der Waals surface area contributed by atoms with Crippen LogP contribution in [0.2, 0.25) is 0 Å². The third-order valence-corrected chi connectivity index (χ3v) is 2.62. The summed E-state index contributed by atoms with van der Waals surface area (Å²) in [7, 11) is 1.42. The van der Waals surface area contributed by atoms with Crippen molar-refractivity contribution in [2.45, 2.75) is 24.9 Å². The molecule has 0 amide bonds. The molecule has 84 valence electrons. The number of halogens is 1. The molecule has 1 aliphatic rings. The van der Waals surface area contributed by atoms with Gasteiger partial charge in [0.05, 0.1) is 13.2 Å². The van der Waals surface area contributed by atoms with Crippen LogP contribution in [0.4, 0.5) is 4.39 Å². The Morgan fingerprint density at radius 1 is 1.56 bits per heavy atom. The Morgan fingerprint density at radius 2 is 2.31 bits per heavy atom. The summed E-state index contributed by atoms with van der Waals surface area (Å²) in [6.07, 6.45) is 2.19. The Bertz CT molecular complexity index is 424. The van der Waals surface area contributed by atoms with Crippen molar-refractivity contribution in [3.05, 3.63) is 29.6 Å². The number of rotatable bonds is 4. The van der Waals surface area contributed by atoms with E-state index in [0.29, 0.717) is 11.6 Å². The van der Waals surface area contributed by atoms with Crippen LogP contribution in [0.25, 0.3) is 0 Å². The number of nitrogens with one attached hydrogen (secondary N) is 1. The smallest absolute Gasteiger partial charge is 0.165 e. The maximum atomic E-state index is 13.4. The van der Waals surface area contributed by atoms with E-state index in [1.165, 1.54) is 13.2 Å². The average Bonchev–Trinajstić information content (AvgIpc) is 3.09. The molecule has 2 rings (SSSR count). The number of hydrogen-bond donors (Lipinski definition) is 1. The topological polar surface area (TPSA) is 45.0 Å². The van der Waals surface area contributed by atoms with Gasteiger partial charge in [-0.2, -0.15) is 5.26 Å². The van der Waals surface area contributed by atoms with Crippen LogP contribution in [0.1, 0.15) is 24.4 Å². The second kappa shape index (κ2) is 4.50. The van der Waals surface area contributed by atoms with Crippen LogP contribution in [0.5, 0.6) is 5.75 Å². The van der Waals surface area contributed by atoms with Gasteiger partial charge in [0.15, 0.2) is 11.6 Å². The summed E-state index contributed by atoms with van der Waals surface area (Å²) in [5.74, 6) is -0.232. The summed E-state index contributed by atoms with van der Waals surface area (Å²) in [5, 5.41) is 12.2. The van der Waals surface area contributed by atoms with Gasteiger partial charge in [-0.15, -0.1) is 0 Å². The van der Waals surface area contributed by atoms with Gasteiger partial charge < -0.3 is 4.74 Å². The van der Waals surface area contributed by atoms with Gasteiger partial charge in [-0.1, -0.05) is 6.07 Å². The minimum Gasteiger partial charge on any atom is -0.494 e. The van der Waals surface area contributed by atoms with Crippen molar-refractivity contribution in [3.63, 3.8) is 0 Å². The quantitative estimate of drug-likeness (QED) is 0.845. The molecule has 0 bridgehead atoms. The van der Waals surface area contributed by atoms with Crippen LogP contribution in [0, 0.1) is 17.1 Å². The first kappa shape index (κ1) is 10.9. The van der Waals surface area contributed by atoms with E-state index in [1.54, 1.807) is 12.1 Å². The van der Waals surface area contributed by atoms with Gasteiger partial charge in [-0.05, 0) is 30.5 Å². The van der Waals surface area contributed by atoms with E-state index in [-0.39, 0.29) is 5.75 Å². The van der Waals surface area contributed by atoms with Crippen molar-refractivity contribution in [1.82, 2.24) is 5.32 Å². The van der Waals surface area contributed by atoms with E-state index in [2.05, 4.69) is 11.4 Å². The van der Waals surface area contributed by atoms with Crippen LogP contribution >= 0.6 is 0 Å². The number of nitriles is 1. The minimum atomic E-state index is -0.437. The Morgan fingerprint density at radius 3 is 2.81 bits per heavy atom. The maximum absolute atomic E-state index is 13.4. The highest BCUT2D eigenvalue weighted by Crippen LogP contribution is 2.26. The lowest BCUT2D eigenvalue weighted by Gasteiger charge is -2.12. The number of benzene rings is 1. The van der Waals surface area contributed by atoms with Gasteiger partial charge in [0.1, 0.15) is 6.04 Å². The zero-order valence-electron chi connectivity index (χ0n) is 9.03. The molecule has 1 saturated carbocycles. The lowest BCUT2D eigenvalue weighted by molar-refractivity contribution is 0.386. The van der Waals surface area contributed by atoms with E-state index >= 15 is 0 Å². The molecular weight excluding hydrogens is 207 g/mol. The summed E-state index contributed by atoms with van der Waals surface area (Å²) in [4.78, 5) is 0. The molecule has 1 unspecified atom stereocenters. The van der Waals surface area contributed by atoms with Crippen LogP contribution in [-0.2, 0) is 0 Å². The zero-order valence-corrected chi connectivity index (χ0v) is 9.03. The van der Waals surface area contributed by atoms with Gasteiger partial charge >= 0.3 is 0 Å². The van der Waals surface area contributed by atoms with Gasteiger partial charge in [0.25, 0.3) is 0 Å². The minimum absolute atomic E-state index is 0.201. The average molecular weight is 220 g/mol. The predicted molar refractivity (Wildman–Crippen MR) is 57.5 cm³/mol. The third-order valence-electron chi connectivity index (χ3n) is 2.62. The first-order chi connectivity index (χ1) is 7.74. The van der Waals surface area contributed by atoms with Crippen LogP contribution in [0.3, 0.4) is 0 Å². The van der Waals surface area contributed by atoms with E-state index in [9.17, 15) is 4.39 Å². The summed E-state index contributed by atoms with van der Waals surface area (Å²) < 4.78 is 18.3. The van der Waals surface area contributed by atoms with Gasteiger partial charge in [0, 0.05) is 6.04 Å². The summed E-state index contributed by atoms with van der Waals surface area (Å²) in [5.41, 5.74) is 0.646. The Hall–Kier alpha value is -1.60. The lowest BCUT2D eigenvalue weighted by Crippen LogP contribution is -2.22. The number of hydrogen-bond acceptors (Lipinski definition) is 3. The molecule has 4 heteroatoms. The second-order valence-electron chi connectivity index (χ2n) is 3.90. The molecule has 0 aromatic heterocycles. The van der Waals surface area contributed by atoms with Crippen molar-refractivity contribution in [2.24, 2.45) is 0 Å². The third kappa shape index (κ3) is 2.31. The zero-order chi connectivity index (χ0) is 11.5. The molecule has 0 aliphatic heterocycles. The van der Waals surface area contributed by atoms with Crippen molar-refractivity contribution in [1.29, 1.82) is 5.26 Å². The van der Waals surface area contributed by atoms with E-state index in [1.807, 2.05) is 0 Å². The van der Waals surface area contributed by atoms with Crippen LogP contribution in [0.15, 0.2) is 18.2 Å². The fourth-order valence-electron chi connectivity index (χ4n) is 1.56. The van der Waals surface area contributed by atoms with Gasteiger partial charge in [-0.3, -0.25) is 5.32 Å². The van der Waals surface area contributed by atoms with Crippen molar-refractivity contribution in [3.8, 4) is 11.8 Å². The lowest BCUT2D eigenvalue weighted by atomic mass is 10.1. The monoisotopic (exact) mass is 220 g/mol. The van der Waals surface area contributed by atoms with Crippen LogP contribution in [-0.4, -0.2) is 13.2 Å². The second-order valence-corrected chi connectivity index (χ2v) is 3.90. The highest BCUT2D eigenvalue weighted by atomic mass is 19.1. The predicted octanol–water partition coefficient (Wildman–Crippen LogP) is 2.15. The molecule has 3 nitrogen and oxygen atoms in total. The molecule has 0 spiro atoms. The van der Waals surface area contributed by atoms with Crippen molar-refractivity contribution >= 4 is 0 Å². The van der Waals surface area contributed by atoms with Crippen molar-refractivity contribution in [2.75, 3.05) is 7.11 Å². The first-order valence-corrected chi connectivity index (χ1v) is 5.23. The van der Waals surface area contributed by atoms with E-state index < -0.39 is 11.9 Å². The molecule has 0 radical (unpaired) electrons. The molecular formula is C12H13FN2O. The van der Waals surface area contributed by atoms with E-state index in [4.69, 9.17) is 10.00 Å². The maximum Gasteiger partial charge on any atom is 0.165 e. The first-order valence-electron chi connectivity index (χ1n) is 5.23. The number of ether oxygens (including phenoxy) is 1. The molecule has 16 heavy (non-hydrogen) atoms. The Kier molecular flexibility index (Phi) is 3.07. The molecule has 1 fully saturated rings. The van der Waals surface area contributed by atoms with E-state index in [0.717, 1.165) is 12.8 Å². The molecule has 1 aliphatic carbocycles. The fourth-order valence-corrected chi connectivity index (χ4v) is 1.56. The van der Waals surface area contributed by atoms with Crippen LogP contribution < -0.4 is 10.1 Å². The summed E-state index contributed by atoms with van der Waals surface area (Å²) >= 11 is 0. The van der Waals surface area contributed by atoms with Gasteiger partial charge in [-0.25, -0.2) is 4.39 Å². The van der Waals surface area contributed by atoms with Crippen molar-refractivity contribution < 1.29 is 9.13 Å². The summed E-state index contributed by atoms with van der Waals surface area (Å²) in [6, 6.07) is 6.72.